The summed E-state index contributed by atoms with van der Waals surface area (Å²) in [7, 11) is 1.79. The fraction of sp³-hybridized carbons (Fsp3) is 0.500. The van der Waals surface area contributed by atoms with Crippen molar-refractivity contribution in [3.63, 3.8) is 0 Å². The van der Waals surface area contributed by atoms with Crippen LogP contribution in [0.1, 0.15) is 25.5 Å². The Morgan fingerprint density at radius 3 is 2.88 bits per heavy atom. The molecular formula is C12H19N3O. The second-order valence-electron chi connectivity index (χ2n) is 4.09. The topological polar surface area (TPSA) is 59.2 Å². The van der Waals surface area contributed by atoms with Crippen LogP contribution in [0.15, 0.2) is 24.4 Å². The first-order chi connectivity index (χ1) is 7.59. The number of amides is 1. The number of hydrogen-bond donors (Lipinski definition) is 1. The smallest absolute Gasteiger partial charge is 0.222 e. The minimum Gasteiger partial charge on any atom is -0.340 e. The summed E-state index contributed by atoms with van der Waals surface area (Å²) in [5, 5.41) is 0. The Hall–Kier alpha value is -1.42. The highest BCUT2D eigenvalue weighted by molar-refractivity contribution is 5.75. The molecule has 1 heterocycles. The molecule has 4 heteroatoms. The first kappa shape index (κ1) is 12.6. The van der Waals surface area contributed by atoms with Crippen LogP contribution < -0.4 is 5.73 Å². The van der Waals surface area contributed by atoms with Gasteiger partial charge in [0.05, 0.1) is 12.2 Å². The van der Waals surface area contributed by atoms with Gasteiger partial charge in [0.2, 0.25) is 5.91 Å². The maximum Gasteiger partial charge on any atom is 0.222 e. The van der Waals surface area contributed by atoms with E-state index in [0.29, 0.717) is 13.0 Å². The quantitative estimate of drug-likeness (QED) is 0.812. The minimum absolute atomic E-state index is 0.0761. The Labute approximate surface area is 96.5 Å². The van der Waals surface area contributed by atoms with Gasteiger partial charge >= 0.3 is 0 Å². The maximum atomic E-state index is 11.7. The molecular weight excluding hydrogens is 202 g/mol. The van der Waals surface area contributed by atoms with Gasteiger partial charge in [-0.3, -0.25) is 9.78 Å². The molecule has 1 atom stereocenters. The van der Waals surface area contributed by atoms with E-state index >= 15 is 0 Å². The molecule has 16 heavy (non-hydrogen) atoms. The van der Waals surface area contributed by atoms with E-state index in [0.717, 1.165) is 12.1 Å². The second-order valence-corrected chi connectivity index (χ2v) is 4.09. The molecule has 0 aromatic carbocycles. The van der Waals surface area contributed by atoms with Crippen molar-refractivity contribution in [2.75, 3.05) is 7.05 Å². The van der Waals surface area contributed by atoms with Crippen LogP contribution in [0.2, 0.25) is 0 Å². The van der Waals surface area contributed by atoms with E-state index in [-0.39, 0.29) is 11.9 Å². The Kier molecular flexibility index (Phi) is 4.92. The van der Waals surface area contributed by atoms with Gasteiger partial charge in [0, 0.05) is 25.7 Å². The number of hydrogen-bond acceptors (Lipinski definition) is 3. The fourth-order valence-electron chi connectivity index (χ4n) is 1.36. The van der Waals surface area contributed by atoms with Gasteiger partial charge in [-0.25, -0.2) is 0 Å². The summed E-state index contributed by atoms with van der Waals surface area (Å²) in [6.07, 6.45) is 2.96. The van der Waals surface area contributed by atoms with Crippen molar-refractivity contribution in [2.24, 2.45) is 5.73 Å². The Bertz CT molecular complexity index is 324. The molecule has 0 fully saturated rings. The van der Waals surface area contributed by atoms with Crippen molar-refractivity contribution in [3.05, 3.63) is 30.1 Å². The molecule has 4 nitrogen and oxygen atoms in total. The lowest BCUT2D eigenvalue weighted by molar-refractivity contribution is -0.130. The molecule has 0 aliphatic heterocycles. The summed E-state index contributed by atoms with van der Waals surface area (Å²) >= 11 is 0. The average molecular weight is 221 g/mol. The summed E-state index contributed by atoms with van der Waals surface area (Å²) in [5.41, 5.74) is 6.51. The van der Waals surface area contributed by atoms with Crippen LogP contribution in [-0.2, 0) is 11.3 Å². The van der Waals surface area contributed by atoms with Crippen molar-refractivity contribution in [1.82, 2.24) is 9.88 Å². The Balaban J connectivity index is 2.40. The van der Waals surface area contributed by atoms with Crippen molar-refractivity contribution >= 4 is 5.91 Å². The predicted molar refractivity (Wildman–Crippen MR) is 63.6 cm³/mol. The minimum atomic E-state index is 0.0761. The molecule has 0 spiro atoms. The third kappa shape index (κ3) is 4.40. The summed E-state index contributed by atoms with van der Waals surface area (Å²) in [5.74, 6) is 0.114. The first-order valence-electron chi connectivity index (χ1n) is 5.49. The van der Waals surface area contributed by atoms with Gasteiger partial charge in [0.25, 0.3) is 0 Å². The van der Waals surface area contributed by atoms with Gasteiger partial charge in [0.15, 0.2) is 0 Å². The normalized spacial score (nSPS) is 12.2. The highest BCUT2D eigenvalue weighted by Crippen LogP contribution is 2.03. The molecule has 2 N–H and O–H groups in total. The van der Waals surface area contributed by atoms with Crippen LogP contribution >= 0.6 is 0 Å². The van der Waals surface area contributed by atoms with E-state index < -0.39 is 0 Å². The van der Waals surface area contributed by atoms with Crippen LogP contribution in [-0.4, -0.2) is 28.9 Å². The third-order valence-corrected chi connectivity index (χ3v) is 2.36. The number of pyridine rings is 1. The van der Waals surface area contributed by atoms with E-state index in [1.54, 1.807) is 18.1 Å². The highest BCUT2D eigenvalue weighted by Gasteiger charge is 2.10. The van der Waals surface area contributed by atoms with E-state index in [9.17, 15) is 4.79 Å². The highest BCUT2D eigenvalue weighted by atomic mass is 16.2. The molecule has 0 radical (unpaired) electrons. The van der Waals surface area contributed by atoms with Crippen molar-refractivity contribution in [3.8, 4) is 0 Å². The average Bonchev–Trinajstić information content (AvgIpc) is 2.27. The molecule has 0 aliphatic carbocycles. The van der Waals surface area contributed by atoms with Crippen LogP contribution in [0.3, 0.4) is 0 Å². The zero-order chi connectivity index (χ0) is 12.0. The number of rotatable bonds is 5. The lowest BCUT2D eigenvalue weighted by Crippen LogP contribution is -2.28. The molecule has 88 valence electrons. The molecule has 1 aromatic rings. The number of carbonyl (C=O) groups is 1. The molecule has 0 aliphatic rings. The molecule has 0 bridgehead atoms. The lowest BCUT2D eigenvalue weighted by Gasteiger charge is -2.17. The zero-order valence-electron chi connectivity index (χ0n) is 9.89. The molecule has 1 unspecified atom stereocenters. The predicted octanol–water partition coefficient (Wildman–Crippen LogP) is 1.17. The van der Waals surface area contributed by atoms with Crippen LogP contribution in [0.5, 0.6) is 0 Å². The van der Waals surface area contributed by atoms with Gasteiger partial charge in [-0.15, -0.1) is 0 Å². The van der Waals surface area contributed by atoms with Crippen LogP contribution in [0, 0.1) is 0 Å². The fourth-order valence-corrected chi connectivity index (χ4v) is 1.36. The number of nitrogens with two attached hydrogens (primary N) is 1. The number of carbonyl (C=O) groups excluding carboxylic acids is 1. The van der Waals surface area contributed by atoms with E-state index in [1.165, 1.54) is 0 Å². The van der Waals surface area contributed by atoms with Crippen LogP contribution in [0.4, 0.5) is 0 Å². The molecule has 0 saturated heterocycles. The summed E-state index contributed by atoms with van der Waals surface area (Å²) < 4.78 is 0. The van der Waals surface area contributed by atoms with E-state index in [2.05, 4.69) is 4.98 Å². The standard InChI is InChI=1S/C12H19N3O/c1-10(13)6-7-12(16)15(2)9-11-5-3-4-8-14-11/h3-5,8,10H,6-7,9,13H2,1-2H3. The summed E-state index contributed by atoms with van der Waals surface area (Å²) in [6.45, 7) is 2.46. The van der Waals surface area contributed by atoms with Gasteiger partial charge in [-0.2, -0.15) is 0 Å². The van der Waals surface area contributed by atoms with Gasteiger partial charge in [-0.1, -0.05) is 6.07 Å². The van der Waals surface area contributed by atoms with E-state index in [1.807, 2.05) is 25.1 Å². The van der Waals surface area contributed by atoms with Crippen LogP contribution in [0.25, 0.3) is 0 Å². The molecule has 1 rings (SSSR count). The number of aromatic nitrogens is 1. The van der Waals surface area contributed by atoms with Crippen molar-refractivity contribution < 1.29 is 4.79 Å². The first-order valence-corrected chi connectivity index (χ1v) is 5.49. The summed E-state index contributed by atoms with van der Waals surface area (Å²) in [4.78, 5) is 17.6. The summed E-state index contributed by atoms with van der Waals surface area (Å²) in [6, 6.07) is 5.77. The van der Waals surface area contributed by atoms with Crippen molar-refractivity contribution in [1.29, 1.82) is 0 Å². The van der Waals surface area contributed by atoms with Gasteiger partial charge in [-0.05, 0) is 25.5 Å². The lowest BCUT2D eigenvalue weighted by atomic mass is 10.2. The Morgan fingerprint density at radius 1 is 1.56 bits per heavy atom. The third-order valence-electron chi connectivity index (χ3n) is 2.36. The van der Waals surface area contributed by atoms with Crippen molar-refractivity contribution in [2.45, 2.75) is 32.4 Å². The Morgan fingerprint density at radius 2 is 2.31 bits per heavy atom. The van der Waals surface area contributed by atoms with E-state index in [4.69, 9.17) is 5.73 Å². The SMILES string of the molecule is CC(N)CCC(=O)N(C)Cc1ccccn1. The molecule has 1 amide bonds. The zero-order valence-corrected chi connectivity index (χ0v) is 9.89. The largest absolute Gasteiger partial charge is 0.340 e. The second kappa shape index (κ2) is 6.23. The molecule has 1 aromatic heterocycles. The van der Waals surface area contributed by atoms with Gasteiger partial charge < -0.3 is 10.6 Å². The maximum absolute atomic E-state index is 11.7. The molecule has 0 saturated carbocycles. The monoisotopic (exact) mass is 221 g/mol. The number of nitrogens with zero attached hydrogens (tertiary/aromatic N) is 2. The van der Waals surface area contributed by atoms with Gasteiger partial charge in [0.1, 0.15) is 0 Å².